The minimum absolute atomic E-state index is 0.0281. The van der Waals surface area contributed by atoms with Crippen LogP contribution in [-0.2, 0) is 10.0 Å². The van der Waals surface area contributed by atoms with Gasteiger partial charge in [0.2, 0.25) is 10.0 Å². The Morgan fingerprint density at radius 2 is 1.67 bits per heavy atom. The summed E-state index contributed by atoms with van der Waals surface area (Å²) in [6.45, 7) is 3.14. The zero-order valence-electron chi connectivity index (χ0n) is 12.3. The van der Waals surface area contributed by atoms with E-state index >= 15 is 0 Å². The highest BCUT2D eigenvalue weighted by molar-refractivity contribution is 7.89. The molecular formula is C15H22N2O3S. The van der Waals surface area contributed by atoms with Crippen molar-refractivity contribution in [2.45, 2.75) is 43.9 Å². The highest BCUT2D eigenvalue weighted by Crippen LogP contribution is 2.18. The lowest BCUT2D eigenvalue weighted by Crippen LogP contribution is -2.34. The van der Waals surface area contributed by atoms with Gasteiger partial charge in [-0.15, -0.1) is 0 Å². The molecule has 1 aliphatic heterocycles. The molecule has 1 aromatic rings. The van der Waals surface area contributed by atoms with Crippen LogP contribution in [0.2, 0.25) is 0 Å². The third-order valence-corrected chi connectivity index (χ3v) is 4.94. The summed E-state index contributed by atoms with van der Waals surface area (Å²) < 4.78 is 23.1. The van der Waals surface area contributed by atoms with Crippen LogP contribution in [0.1, 0.15) is 48.0 Å². The van der Waals surface area contributed by atoms with Crippen LogP contribution < -0.4 is 5.14 Å². The number of primary sulfonamides is 1. The van der Waals surface area contributed by atoms with Gasteiger partial charge in [-0.05, 0) is 37.5 Å². The maximum absolute atomic E-state index is 12.5. The Kier molecular flexibility index (Phi) is 5.00. The molecule has 1 aliphatic rings. The van der Waals surface area contributed by atoms with Crippen molar-refractivity contribution in [3.8, 4) is 0 Å². The van der Waals surface area contributed by atoms with Gasteiger partial charge in [-0.2, -0.15) is 0 Å². The first kappa shape index (κ1) is 16.0. The number of hydrogen-bond acceptors (Lipinski definition) is 3. The van der Waals surface area contributed by atoms with Gasteiger partial charge in [0.25, 0.3) is 5.91 Å². The number of carbonyl (C=O) groups excluding carboxylic acids is 1. The summed E-state index contributed by atoms with van der Waals surface area (Å²) in [6, 6.07) is 4.70. The van der Waals surface area contributed by atoms with E-state index in [0.29, 0.717) is 11.1 Å². The average molecular weight is 310 g/mol. The van der Waals surface area contributed by atoms with E-state index in [0.717, 1.165) is 38.8 Å². The van der Waals surface area contributed by atoms with Crippen LogP contribution in [0.4, 0.5) is 0 Å². The van der Waals surface area contributed by atoms with E-state index in [1.165, 1.54) is 12.5 Å². The molecule has 5 nitrogen and oxygen atoms in total. The number of nitrogens with two attached hydrogens (primary N) is 1. The van der Waals surface area contributed by atoms with Crippen LogP contribution in [-0.4, -0.2) is 32.3 Å². The monoisotopic (exact) mass is 310 g/mol. The first-order valence-electron chi connectivity index (χ1n) is 7.32. The van der Waals surface area contributed by atoms with Gasteiger partial charge in [0.15, 0.2) is 0 Å². The van der Waals surface area contributed by atoms with Crippen LogP contribution in [0.5, 0.6) is 0 Å². The van der Waals surface area contributed by atoms with Crippen molar-refractivity contribution < 1.29 is 13.2 Å². The lowest BCUT2D eigenvalue weighted by molar-refractivity contribution is 0.0742. The second-order valence-corrected chi connectivity index (χ2v) is 7.12. The van der Waals surface area contributed by atoms with Gasteiger partial charge in [0.05, 0.1) is 4.90 Å². The number of rotatable bonds is 2. The molecule has 0 saturated carbocycles. The Balaban J connectivity index is 2.26. The van der Waals surface area contributed by atoms with Crippen LogP contribution in [0.3, 0.4) is 0 Å². The third kappa shape index (κ3) is 4.04. The number of likely N-dealkylation sites (tertiary alicyclic amines) is 1. The van der Waals surface area contributed by atoms with Crippen molar-refractivity contribution in [1.82, 2.24) is 4.90 Å². The largest absolute Gasteiger partial charge is 0.339 e. The van der Waals surface area contributed by atoms with Crippen LogP contribution in [0.25, 0.3) is 0 Å². The Hall–Kier alpha value is -1.40. The third-order valence-electron chi connectivity index (χ3n) is 3.88. The van der Waals surface area contributed by atoms with E-state index in [4.69, 9.17) is 5.14 Å². The predicted octanol–water partition coefficient (Wildman–Crippen LogP) is 2.05. The van der Waals surface area contributed by atoms with Gasteiger partial charge in [0, 0.05) is 18.7 Å². The zero-order chi connectivity index (χ0) is 15.5. The van der Waals surface area contributed by atoms with Crippen molar-refractivity contribution in [1.29, 1.82) is 0 Å². The summed E-state index contributed by atoms with van der Waals surface area (Å²) in [6.07, 6.45) is 5.50. The van der Waals surface area contributed by atoms with E-state index in [-0.39, 0.29) is 10.8 Å². The Morgan fingerprint density at radius 3 is 2.24 bits per heavy atom. The zero-order valence-corrected chi connectivity index (χ0v) is 13.2. The molecule has 2 rings (SSSR count). The lowest BCUT2D eigenvalue weighted by atomic mass is 10.1. The molecule has 0 aliphatic carbocycles. The van der Waals surface area contributed by atoms with E-state index in [1.807, 2.05) is 4.90 Å². The Labute approximate surface area is 126 Å². The summed E-state index contributed by atoms with van der Waals surface area (Å²) in [5.41, 5.74) is 0.951. The molecule has 21 heavy (non-hydrogen) atoms. The predicted molar refractivity (Wildman–Crippen MR) is 81.5 cm³/mol. The molecular weight excluding hydrogens is 288 g/mol. The molecule has 0 aromatic heterocycles. The Morgan fingerprint density at radius 1 is 1.10 bits per heavy atom. The van der Waals surface area contributed by atoms with Gasteiger partial charge < -0.3 is 4.90 Å². The second-order valence-electron chi connectivity index (χ2n) is 5.59. The van der Waals surface area contributed by atoms with E-state index < -0.39 is 10.0 Å². The minimum Gasteiger partial charge on any atom is -0.339 e. The smallest absolute Gasteiger partial charge is 0.253 e. The number of aryl methyl sites for hydroxylation is 1. The molecule has 1 fully saturated rings. The maximum Gasteiger partial charge on any atom is 0.253 e. The van der Waals surface area contributed by atoms with Crippen molar-refractivity contribution in [2.24, 2.45) is 5.14 Å². The van der Waals surface area contributed by atoms with Gasteiger partial charge in [-0.25, -0.2) is 13.6 Å². The van der Waals surface area contributed by atoms with E-state index in [2.05, 4.69) is 0 Å². The molecule has 0 unspecified atom stereocenters. The molecule has 6 heteroatoms. The summed E-state index contributed by atoms with van der Waals surface area (Å²) in [7, 11) is -3.80. The van der Waals surface area contributed by atoms with Crippen LogP contribution >= 0.6 is 0 Å². The molecule has 1 heterocycles. The molecule has 1 aromatic carbocycles. The molecule has 1 saturated heterocycles. The summed E-state index contributed by atoms with van der Waals surface area (Å²) in [4.78, 5) is 14.4. The Bertz CT molecular complexity index is 618. The first-order valence-corrected chi connectivity index (χ1v) is 8.87. The SMILES string of the molecule is Cc1ccc(C(=O)N2CCCCCCC2)cc1S(N)(=O)=O. The average Bonchev–Trinajstić information content (AvgIpc) is 2.36. The molecule has 2 N–H and O–H groups in total. The van der Waals surface area contributed by atoms with Gasteiger partial charge >= 0.3 is 0 Å². The number of sulfonamides is 1. The molecule has 0 atom stereocenters. The van der Waals surface area contributed by atoms with E-state index in [1.54, 1.807) is 19.1 Å². The maximum atomic E-state index is 12.5. The fraction of sp³-hybridized carbons (Fsp3) is 0.533. The van der Waals surface area contributed by atoms with Crippen LogP contribution in [0.15, 0.2) is 23.1 Å². The number of nitrogens with zero attached hydrogens (tertiary/aromatic N) is 1. The highest BCUT2D eigenvalue weighted by Gasteiger charge is 2.20. The van der Waals surface area contributed by atoms with Crippen molar-refractivity contribution >= 4 is 15.9 Å². The number of benzene rings is 1. The van der Waals surface area contributed by atoms with Crippen molar-refractivity contribution in [3.63, 3.8) is 0 Å². The molecule has 0 spiro atoms. The summed E-state index contributed by atoms with van der Waals surface area (Å²) in [5, 5.41) is 5.20. The number of amides is 1. The fourth-order valence-electron chi connectivity index (χ4n) is 2.67. The highest BCUT2D eigenvalue weighted by atomic mass is 32.2. The van der Waals surface area contributed by atoms with Gasteiger partial charge in [-0.1, -0.05) is 25.3 Å². The first-order chi connectivity index (χ1) is 9.89. The minimum atomic E-state index is -3.80. The number of hydrogen-bond donors (Lipinski definition) is 1. The molecule has 0 radical (unpaired) electrons. The van der Waals surface area contributed by atoms with Gasteiger partial charge in [0.1, 0.15) is 0 Å². The normalized spacial score (nSPS) is 17.1. The van der Waals surface area contributed by atoms with Crippen molar-refractivity contribution in [3.05, 3.63) is 29.3 Å². The number of carbonyl (C=O) groups is 1. The molecule has 116 valence electrons. The fourth-order valence-corrected chi connectivity index (χ4v) is 3.48. The summed E-state index contributed by atoms with van der Waals surface area (Å²) >= 11 is 0. The van der Waals surface area contributed by atoms with Crippen molar-refractivity contribution in [2.75, 3.05) is 13.1 Å². The topological polar surface area (TPSA) is 80.5 Å². The van der Waals surface area contributed by atoms with E-state index in [9.17, 15) is 13.2 Å². The van der Waals surface area contributed by atoms with Crippen LogP contribution in [0, 0.1) is 6.92 Å². The lowest BCUT2D eigenvalue weighted by Gasteiger charge is -2.25. The molecule has 0 bridgehead atoms. The van der Waals surface area contributed by atoms with Gasteiger partial charge in [-0.3, -0.25) is 4.79 Å². The second kappa shape index (κ2) is 6.58. The quantitative estimate of drug-likeness (QED) is 0.907. The molecule has 1 amide bonds. The summed E-state index contributed by atoms with van der Waals surface area (Å²) in [5.74, 6) is -0.109. The standard InChI is InChI=1S/C15H22N2O3S/c1-12-7-8-13(11-14(12)21(16,19)20)15(18)17-9-5-3-2-4-6-10-17/h7-8,11H,2-6,9-10H2,1H3,(H2,16,19,20).